The maximum absolute atomic E-state index is 14.4. The number of hydrogen-bond donors (Lipinski definition) is 1. The van der Waals surface area contributed by atoms with Crippen molar-refractivity contribution >= 4 is 27.3 Å². The molecule has 0 saturated carbocycles. The summed E-state index contributed by atoms with van der Waals surface area (Å²) >= 11 is 1.16. The smallest absolute Gasteiger partial charge is 0.252 e. The first-order valence-corrected chi connectivity index (χ1v) is 12.4. The highest BCUT2D eigenvalue weighted by atomic mass is 32.2. The van der Waals surface area contributed by atoms with Crippen molar-refractivity contribution in [3.8, 4) is 11.5 Å². The number of thiophene rings is 1. The van der Waals surface area contributed by atoms with Crippen molar-refractivity contribution < 1.29 is 22.3 Å². The van der Waals surface area contributed by atoms with Gasteiger partial charge in [0.2, 0.25) is 5.91 Å². The maximum atomic E-state index is 14.4. The summed E-state index contributed by atoms with van der Waals surface area (Å²) in [7, 11) is -3.58. The van der Waals surface area contributed by atoms with Crippen molar-refractivity contribution in [1.82, 2.24) is 14.6 Å². The van der Waals surface area contributed by atoms with Gasteiger partial charge in [0.25, 0.3) is 10.0 Å². The molecule has 1 atom stereocenters. The zero-order valence-electron chi connectivity index (χ0n) is 17.1. The molecule has 1 unspecified atom stereocenters. The van der Waals surface area contributed by atoms with E-state index in [9.17, 15) is 17.6 Å². The monoisotopic (exact) mass is 475 g/mol. The van der Waals surface area contributed by atoms with Gasteiger partial charge < -0.3 is 10.1 Å². The van der Waals surface area contributed by atoms with Crippen molar-refractivity contribution in [3.63, 3.8) is 0 Å². The van der Waals surface area contributed by atoms with E-state index in [2.05, 4.69) is 10.3 Å². The molecular weight excluding hydrogens is 453 g/mol. The normalized spacial score (nSPS) is 17.1. The highest BCUT2D eigenvalue weighted by molar-refractivity contribution is 7.91. The summed E-state index contributed by atoms with van der Waals surface area (Å²) in [5, 5.41) is 4.51. The quantitative estimate of drug-likeness (QED) is 0.562. The SMILES string of the molecule is O=C(NCc1ccc(Oc2cccnc2)c(F)c1)C1CCCN(S(=O)(=O)c2cccs2)C1. The van der Waals surface area contributed by atoms with Crippen molar-refractivity contribution in [2.75, 3.05) is 13.1 Å². The number of carbonyl (C=O) groups excluding carboxylic acids is 1. The van der Waals surface area contributed by atoms with Gasteiger partial charge in [-0.3, -0.25) is 9.78 Å². The van der Waals surface area contributed by atoms with Gasteiger partial charge >= 0.3 is 0 Å². The van der Waals surface area contributed by atoms with Gasteiger partial charge in [0, 0.05) is 25.8 Å². The zero-order chi connectivity index (χ0) is 22.6. The molecule has 1 aliphatic heterocycles. The minimum Gasteiger partial charge on any atom is -0.453 e. The summed E-state index contributed by atoms with van der Waals surface area (Å²) in [6.45, 7) is 0.670. The van der Waals surface area contributed by atoms with Crippen LogP contribution in [0.3, 0.4) is 0 Å². The summed E-state index contributed by atoms with van der Waals surface area (Å²) in [6, 6.07) is 11.1. The lowest BCUT2D eigenvalue weighted by molar-refractivity contribution is -0.126. The van der Waals surface area contributed by atoms with Gasteiger partial charge in [-0.05, 0) is 54.1 Å². The number of hydrogen-bond acceptors (Lipinski definition) is 6. The third-order valence-corrected chi connectivity index (χ3v) is 8.41. The van der Waals surface area contributed by atoms with Gasteiger partial charge in [0.15, 0.2) is 11.6 Å². The second-order valence-electron chi connectivity index (χ2n) is 7.41. The maximum Gasteiger partial charge on any atom is 0.252 e. The third kappa shape index (κ3) is 5.14. The largest absolute Gasteiger partial charge is 0.453 e. The topological polar surface area (TPSA) is 88.6 Å². The number of aromatic nitrogens is 1. The van der Waals surface area contributed by atoms with E-state index in [4.69, 9.17) is 4.74 Å². The first-order chi connectivity index (χ1) is 15.4. The van der Waals surface area contributed by atoms with Crippen molar-refractivity contribution in [2.45, 2.75) is 23.6 Å². The Balaban J connectivity index is 1.34. The molecule has 2 aromatic heterocycles. The van der Waals surface area contributed by atoms with E-state index in [1.807, 2.05) is 0 Å². The van der Waals surface area contributed by atoms with Crippen molar-refractivity contribution in [2.24, 2.45) is 5.92 Å². The summed E-state index contributed by atoms with van der Waals surface area (Å²) < 4.78 is 47.0. The van der Waals surface area contributed by atoms with Crippen LogP contribution in [-0.4, -0.2) is 36.7 Å². The van der Waals surface area contributed by atoms with Crippen LogP contribution in [0.1, 0.15) is 18.4 Å². The summed E-state index contributed by atoms with van der Waals surface area (Å²) in [5.74, 6) is -0.753. The van der Waals surface area contributed by atoms with Gasteiger partial charge in [-0.1, -0.05) is 12.1 Å². The highest BCUT2D eigenvalue weighted by Gasteiger charge is 2.33. The molecule has 3 heterocycles. The molecule has 1 N–H and O–H groups in total. The second-order valence-corrected chi connectivity index (χ2v) is 10.5. The van der Waals surface area contributed by atoms with Gasteiger partial charge in [-0.15, -0.1) is 11.3 Å². The molecule has 3 aromatic rings. The minimum absolute atomic E-state index is 0.0646. The van der Waals surface area contributed by atoms with E-state index in [0.717, 1.165) is 11.3 Å². The van der Waals surface area contributed by atoms with E-state index in [1.165, 1.54) is 22.6 Å². The lowest BCUT2D eigenvalue weighted by atomic mass is 9.99. The Labute approximate surface area is 189 Å². The van der Waals surface area contributed by atoms with Crippen LogP contribution in [0.15, 0.2) is 64.4 Å². The van der Waals surface area contributed by atoms with Crippen molar-refractivity contribution in [3.05, 3.63) is 71.6 Å². The number of benzene rings is 1. The predicted octanol–water partition coefficient (Wildman–Crippen LogP) is 3.79. The van der Waals surface area contributed by atoms with Crippen LogP contribution in [0.2, 0.25) is 0 Å². The van der Waals surface area contributed by atoms with Crippen LogP contribution < -0.4 is 10.1 Å². The molecule has 1 amide bonds. The second kappa shape index (κ2) is 9.76. The molecule has 168 valence electrons. The average Bonchev–Trinajstić information content (AvgIpc) is 3.36. The van der Waals surface area contributed by atoms with Crippen molar-refractivity contribution in [1.29, 1.82) is 0 Å². The number of nitrogens with one attached hydrogen (secondary N) is 1. The molecule has 0 bridgehead atoms. The number of nitrogens with zero attached hydrogens (tertiary/aromatic N) is 2. The van der Waals surface area contributed by atoms with Crippen LogP contribution in [0.4, 0.5) is 4.39 Å². The number of pyridine rings is 1. The number of sulfonamides is 1. The molecule has 1 fully saturated rings. The third-order valence-electron chi connectivity index (χ3n) is 5.17. The number of piperidine rings is 1. The first kappa shape index (κ1) is 22.4. The average molecular weight is 476 g/mol. The minimum atomic E-state index is -3.58. The molecule has 1 saturated heterocycles. The molecular formula is C22H22FN3O4S2. The summed E-state index contributed by atoms with van der Waals surface area (Å²) in [4.78, 5) is 16.6. The molecule has 7 nitrogen and oxygen atoms in total. The van der Waals surface area contributed by atoms with E-state index in [1.54, 1.807) is 41.9 Å². The Kier molecular flexibility index (Phi) is 6.83. The van der Waals surface area contributed by atoms with E-state index in [0.29, 0.717) is 30.7 Å². The Morgan fingerprint density at radius 1 is 1.28 bits per heavy atom. The van der Waals surface area contributed by atoms with Crippen LogP contribution in [0.5, 0.6) is 11.5 Å². The Morgan fingerprint density at radius 3 is 2.88 bits per heavy atom. The summed E-state index contributed by atoms with van der Waals surface area (Å²) in [5.41, 5.74) is 0.577. The fraction of sp³-hybridized carbons (Fsp3) is 0.273. The Bertz CT molecular complexity index is 1170. The molecule has 0 spiro atoms. The molecule has 32 heavy (non-hydrogen) atoms. The van der Waals surface area contributed by atoms with Crippen LogP contribution in [0, 0.1) is 11.7 Å². The fourth-order valence-corrected chi connectivity index (χ4v) is 6.19. The van der Waals surface area contributed by atoms with Crippen LogP contribution in [0.25, 0.3) is 0 Å². The Hall–Kier alpha value is -2.82. The summed E-state index contributed by atoms with van der Waals surface area (Å²) in [6.07, 6.45) is 4.30. The van der Waals surface area contributed by atoms with Gasteiger partial charge in [-0.2, -0.15) is 4.31 Å². The zero-order valence-corrected chi connectivity index (χ0v) is 18.7. The number of amides is 1. The molecule has 1 aliphatic rings. The number of rotatable bonds is 7. The Morgan fingerprint density at radius 2 is 2.16 bits per heavy atom. The lowest BCUT2D eigenvalue weighted by Gasteiger charge is -2.30. The van der Waals surface area contributed by atoms with Crippen LogP contribution >= 0.6 is 11.3 Å². The fourth-order valence-electron chi connectivity index (χ4n) is 3.52. The standard InChI is InChI=1S/C22H22FN3O4S2/c23-19-12-16(7-8-20(19)30-18-5-1-9-24-14-18)13-25-22(27)17-4-2-10-26(15-17)32(28,29)21-6-3-11-31-21/h1,3,5-9,11-12,14,17H,2,4,10,13,15H2,(H,25,27). The number of carbonyl (C=O) groups is 1. The van der Waals surface area contributed by atoms with Gasteiger partial charge in [0.05, 0.1) is 12.1 Å². The molecule has 0 aliphatic carbocycles. The number of halogens is 1. The van der Waals surface area contributed by atoms with Gasteiger partial charge in [0.1, 0.15) is 9.96 Å². The number of ether oxygens (including phenoxy) is 1. The molecule has 1 aromatic carbocycles. The van der Waals surface area contributed by atoms with Gasteiger partial charge in [-0.25, -0.2) is 12.8 Å². The predicted molar refractivity (Wildman–Crippen MR) is 118 cm³/mol. The highest BCUT2D eigenvalue weighted by Crippen LogP contribution is 2.27. The lowest BCUT2D eigenvalue weighted by Crippen LogP contribution is -2.45. The van der Waals surface area contributed by atoms with E-state index < -0.39 is 21.8 Å². The van der Waals surface area contributed by atoms with E-state index >= 15 is 0 Å². The molecule has 4 rings (SSSR count). The van der Waals surface area contributed by atoms with Crippen LogP contribution in [-0.2, 0) is 21.4 Å². The van der Waals surface area contributed by atoms with E-state index in [-0.39, 0.29) is 29.0 Å². The first-order valence-electron chi connectivity index (χ1n) is 10.1. The molecule has 0 radical (unpaired) electrons. The molecule has 10 heteroatoms.